The van der Waals surface area contributed by atoms with E-state index < -0.39 is 24.1 Å². The van der Waals surface area contributed by atoms with Gasteiger partial charge in [-0.25, -0.2) is 9.59 Å². The van der Waals surface area contributed by atoms with Gasteiger partial charge in [0.2, 0.25) is 5.76 Å². The van der Waals surface area contributed by atoms with E-state index in [4.69, 9.17) is 18.6 Å². The van der Waals surface area contributed by atoms with Crippen LogP contribution >= 0.6 is 0 Å². The number of aromatic carboxylic acids is 1. The van der Waals surface area contributed by atoms with Crippen molar-refractivity contribution in [3.63, 3.8) is 0 Å². The predicted molar refractivity (Wildman–Crippen MR) is 136 cm³/mol. The van der Waals surface area contributed by atoms with Gasteiger partial charge in [0.15, 0.2) is 0 Å². The van der Waals surface area contributed by atoms with Gasteiger partial charge in [0, 0.05) is 18.7 Å². The Bertz CT molecular complexity index is 776. The number of carboxylic acids is 1. The Morgan fingerprint density at radius 3 is 2.03 bits per heavy atom. The highest BCUT2D eigenvalue weighted by molar-refractivity contribution is 5.86. The average molecular weight is 512 g/mol. The Labute approximate surface area is 215 Å². The van der Waals surface area contributed by atoms with Crippen LogP contribution in [-0.4, -0.2) is 54.8 Å². The Hall–Kier alpha value is -2.71. The number of esters is 1. The molecule has 1 atom stereocenters. The molecule has 1 rings (SSSR count). The van der Waals surface area contributed by atoms with E-state index >= 15 is 0 Å². The Morgan fingerprint density at radius 2 is 1.50 bits per heavy atom. The first kappa shape index (κ1) is 31.3. The molecule has 1 aromatic heterocycles. The molecule has 1 aromatic rings. The third-order valence-corrected chi connectivity index (χ3v) is 5.87. The van der Waals surface area contributed by atoms with Crippen molar-refractivity contribution >= 4 is 18.0 Å². The lowest BCUT2D eigenvalue weighted by Gasteiger charge is -2.19. The third kappa shape index (κ3) is 12.8. The molecule has 1 N–H and O–H groups in total. The number of hydrogen-bond donors (Lipinski definition) is 1. The number of unbranched alkanes of at least 4 members (excludes halogenated alkanes) is 11. The Kier molecular flexibility index (Phi) is 16.1. The summed E-state index contributed by atoms with van der Waals surface area (Å²) in [6, 6.07) is 1.44. The molecule has 0 spiro atoms. The van der Waals surface area contributed by atoms with Gasteiger partial charge in [0.1, 0.15) is 12.6 Å². The van der Waals surface area contributed by atoms with Crippen LogP contribution in [0.5, 0.6) is 5.95 Å². The summed E-state index contributed by atoms with van der Waals surface area (Å²) in [5.41, 5.74) is 0.185. The van der Waals surface area contributed by atoms with Crippen molar-refractivity contribution in [3.05, 3.63) is 17.4 Å². The molecule has 36 heavy (non-hydrogen) atoms. The van der Waals surface area contributed by atoms with Crippen LogP contribution in [0.3, 0.4) is 0 Å². The highest BCUT2D eigenvalue weighted by atomic mass is 16.6. The Balaban J connectivity index is 2.36. The van der Waals surface area contributed by atoms with E-state index in [1.807, 2.05) is 0 Å². The topological polar surface area (TPSA) is 116 Å². The summed E-state index contributed by atoms with van der Waals surface area (Å²) in [6.45, 7) is 5.79. The first-order chi connectivity index (χ1) is 17.3. The molecule has 206 valence electrons. The maximum absolute atomic E-state index is 12.2. The summed E-state index contributed by atoms with van der Waals surface area (Å²) in [6.07, 6.45) is 13.2. The standard InChI is InChI=1S/C27H45NO8/c1-5-7-8-9-10-11-12-13-14-15-16-17-18-34-24-19-22(25(36-24)26(30)31)21(3)35-27(32)28(4)20-23(29)33-6-2/h19,21H,5-18,20H2,1-4H3,(H,30,31). The number of furan rings is 1. The minimum Gasteiger partial charge on any atom is -0.475 e. The predicted octanol–water partition coefficient (Wildman–Crippen LogP) is 6.75. The molecule has 1 unspecified atom stereocenters. The van der Waals surface area contributed by atoms with E-state index in [0.717, 1.165) is 24.2 Å². The third-order valence-electron chi connectivity index (χ3n) is 5.87. The first-order valence-electron chi connectivity index (χ1n) is 13.4. The van der Waals surface area contributed by atoms with Crippen molar-refractivity contribution < 1.29 is 38.1 Å². The lowest BCUT2D eigenvalue weighted by Crippen LogP contribution is -2.34. The number of likely N-dealkylation sites (N-methyl/N-ethyl adjacent to an activating group) is 1. The summed E-state index contributed by atoms with van der Waals surface area (Å²) in [5, 5.41) is 9.47. The van der Waals surface area contributed by atoms with E-state index in [0.29, 0.717) is 6.61 Å². The lowest BCUT2D eigenvalue weighted by molar-refractivity contribution is -0.143. The molecule has 0 aromatic carbocycles. The number of carboxylic acid groups (broad SMARTS) is 1. The monoisotopic (exact) mass is 511 g/mol. The number of nitrogens with zero attached hydrogens (tertiary/aromatic N) is 1. The van der Waals surface area contributed by atoms with Gasteiger partial charge in [-0.1, -0.05) is 77.6 Å². The molecular formula is C27H45NO8. The van der Waals surface area contributed by atoms with E-state index in [9.17, 15) is 19.5 Å². The number of amides is 1. The van der Waals surface area contributed by atoms with Gasteiger partial charge in [0.25, 0.3) is 5.95 Å². The second kappa shape index (κ2) is 18.5. The van der Waals surface area contributed by atoms with E-state index in [1.54, 1.807) is 6.92 Å². The van der Waals surface area contributed by atoms with Gasteiger partial charge < -0.3 is 28.6 Å². The molecule has 0 aliphatic heterocycles. The zero-order valence-electron chi connectivity index (χ0n) is 22.5. The summed E-state index contributed by atoms with van der Waals surface area (Å²) in [7, 11) is 1.39. The number of carbonyl (C=O) groups excluding carboxylic acids is 2. The molecule has 0 aliphatic rings. The van der Waals surface area contributed by atoms with Crippen LogP contribution in [0, 0.1) is 0 Å². The molecule has 1 heterocycles. The fourth-order valence-corrected chi connectivity index (χ4v) is 3.81. The van der Waals surface area contributed by atoms with E-state index in [1.165, 1.54) is 77.8 Å². The minimum atomic E-state index is -1.28. The SMILES string of the molecule is CCCCCCCCCCCCCCOc1cc(C(C)OC(=O)N(C)CC(=O)OCC)c(C(=O)O)o1. The quantitative estimate of drug-likeness (QED) is 0.151. The first-order valence-corrected chi connectivity index (χ1v) is 13.4. The zero-order valence-corrected chi connectivity index (χ0v) is 22.5. The van der Waals surface area contributed by atoms with Crippen LogP contribution in [0.25, 0.3) is 0 Å². The van der Waals surface area contributed by atoms with Crippen molar-refractivity contribution in [3.8, 4) is 5.95 Å². The van der Waals surface area contributed by atoms with Gasteiger partial charge in [-0.15, -0.1) is 0 Å². The molecule has 0 fully saturated rings. The summed E-state index contributed by atoms with van der Waals surface area (Å²) < 4.78 is 21.1. The minimum absolute atomic E-state index is 0.0771. The van der Waals surface area contributed by atoms with E-state index in [-0.39, 0.29) is 30.4 Å². The lowest BCUT2D eigenvalue weighted by atomic mass is 10.1. The van der Waals surface area contributed by atoms with Crippen LogP contribution in [0.4, 0.5) is 4.79 Å². The van der Waals surface area contributed by atoms with Crippen LogP contribution in [0.1, 0.15) is 120 Å². The highest BCUT2D eigenvalue weighted by Gasteiger charge is 2.26. The van der Waals surface area contributed by atoms with Crippen molar-refractivity contribution in [1.82, 2.24) is 4.90 Å². The van der Waals surface area contributed by atoms with Crippen LogP contribution in [-0.2, 0) is 14.3 Å². The summed E-state index contributed by atoms with van der Waals surface area (Å²) in [5.74, 6) is -2.11. The number of rotatable bonds is 20. The maximum Gasteiger partial charge on any atom is 0.410 e. The molecule has 0 saturated heterocycles. The number of carbonyl (C=O) groups is 3. The van der Waals surface area contributed by atoms with Crippen molar-refractivity contribution in [2.45, 2.75) is 104 Å². The molecule has 9 heteroatoms. The summed E-state index contributed by atoms with van der Waals surface area (Å²) >= 11 is 0. The average Bonchev–Trinajstić information content (AvgIpc) is 3.27. The van der Waals surface area contributed by atoms with Crippen LogP contribution < -0.4 is 4.74 Å². The molecule has 0 aliphatic carbocycles. The number of ether oxygens (including phenoxy) is 3. The molecule has 0 bridgehead atoms. The van der Waals surface area contributed by atoms with Crippen LogP contribution in [0.15, 0.2) is 10.5 Å². The van der Waals surface area contributed by atoms with Gasteiger partial charge in [0.05, 0.1) is 13.2 Å². The largest absolute Gasteiger partial charge is 0.475 e. The molecule has 1 amide bonds. The second-order valence-electron chi connectivity index (χ2n) is 9.08. The fraction of sp³-hybridized carbons (Fsp3) is 0.741. The van der Waals surface area contributed by atoms with Crippen molar-refractivity contribution in [1.29, 1.82) is 0 Å². The number of hydrogen-bond acceptors (Lipinski definition) is 7. The van der Waals surface area contributed by atoms with Gasteiger partial charge >= 0.3 is 18.0 Å². The molecule has 9 nitrogen and oxygen atoms in total. The normalized spacial score (nSPS) is 11.7. The molecule has 0 saturated carbocycles. The molecular weight excluding hydrogens is 466 g/mol. The van der Waals surface area contributed by atoms with Crippen molar-refractivity contribution in [2.24, 2.45) is 0 Å². The zero-order chi connectivity index (χ0) is 26.8. The molecule has 0 radical (unpaired) electrons. The second-order valence-corrected chi connectivity index (χ2v) is 9.08. The van der Waals surface area contributed by atoms with Gasteiger partial charge in [-0.05, 0) is 20.3 Å². The highest BCUT2D eigenvalue weighted by Crippen LogP contribution is 2.30. The maximum atomic E-state index is 12.2. The van der Waals surface area contributed by atoms with E-state index in [2.05, 4.69) is 6.92 Å². The van der Waals surface area contributed by atoms with Gasteiger partial charge in [-0.2, -0.15) is 0 Å². The van der Waals surface area contributed by atoms with Crippen LogP contribution in [0.2, 0.25) is 0 Å². The Morgan fingerprint density at radius 1 is 0.944 bits per heavy atom. The smallest absolute Gasteiger partial charge is 0.410 e. The van der Waals surface area contributed by atoms with Gasteiger partial charge in [-0.3, -0.25) is 4.79 Å². The summed E-state index contributed by atoms with van der Waals surface area (Å²) in [4.78, 5) is 36.5. The fourth-order valence-electron chi connectivity index (χ4n) is 3.81. The van der Waals surface area contributed by atoms with Crippen molar-refractivity contribution in [2.75, 3.05) is 26.8 Å².